The summed E-state index contributed by atoms with van der Waals surface area (Å²) in [6.07, 6.45) is 10.1. The van der Waals surface area contributed by atoms with Gasteiger partial charge in [0.2, 0.25) is 0 Å². The summed E-state index contributed by atoms with van der Waals surface area (Å²) in [5.41, 5.74) is 13.3. The normalized spacial score (nSPS) is 11.7. The van der Waals surface area contributed by atoms with E-state index >= 15 is 0 Å². The Morgan fingerprint density at radius 1 is 0.359 bits per heavy atom. The van der Waals surface area contributed by atoms with Gasteiger partial charge in [-0.25, -0.2) is 0 Å². The smallest absolute Gasteiger partial charge is 0.135 e. The van der Waals surface area contributed by atoms with Crippen LogP contribution in [0.2, 0.25) is 0 Å². The average Bonchev–Trinajstić information content (AvgIpc) is 4.18. The fourth-order valence-electron chi connectivity index (χ4n) is 9.43. The number of benzene rings is 8. The Balaban J connectivity index is 0.000000613. The summed E-state index contributed by atoms with van der Waals surface area (Å²) in [5.74, 6) is 0. The van der Waals surface area contributed by atoms with Crippen LogP contribution >= 0.6 is 0 Å². The molecule has 308 valence electrons. The minimum atomic E-state index is 0.874. The molecule has 0 aliphatic rings. The van der Waals surface area contributed by atoms with Crippen molar-refractivity contribution in [1.29, 1.82) is 0 Å². The first-order valence-electron chi connectivity index (χ1n) is 21.9. The Morgan fingerprint density at radius 3 is 1.16 bits per heavy atom. The standard InChI is InChI=1S/C52H32N4O.C4H8.C3H6/c1-5-13-45-33(9-1)25-27-53(45)35-17-21-49-41(29-35)39-11-3-7-15-47(39)55(49)37-19-23-51-43(31-37)44-32-38(20-24-52(44)57-51)56-48-16-8-4-12-40(48)42-30-36(18-22-50(42)56)54-28-26-34-10-2-6-14-46(34)54;1-3-4-2;1-3-2/h1-32H;3-4H,1-2H3;3H,1H2,2H3/b;4-3-;. The zero-order chi connectivity index (χ0) is 43.3. The van der Waals surface area contributed by atoms with Gasteiger partial charge in [0.25, 0.3) is 0 Å². The topological polar surface area (TPSA) is 32.9 Å². The van der Waals surface area contributed by atoms with Crippen LogP contribution in [0, 0.1) is 0 Å². The summed E-state index contributed by atoms with van der Waals surface area (Å²) in [6.45, 7) is 9.25. The van der Waals surface area contributed by atoms with E-state index in [2.05, 4.69) is 219 Å². The van der Waals surface area contributed by atoms with Gasteiger partial charge >= 0.3 is 0 Å². The summed E-state index contributed by atoms with van der Waals surface area (Å²) in [5, 5.41) is 9.55. The predicted molar refractivity (Wildman–Crippen MR) is 272 cm³/mol. The number of allylic oxidation sites excluding steroid dienone is 3. The van der Waals surface area contributed by atoms with E-state index in [0.717, 1.165) is 44.7 Å². The van der Waals surface area contributed by atoms with Crippen LogP contribution in [0.4, 0.5) is 0 Å². The lowest BCUT2D eigenvalue weighted by Crippen LogP contribution is -1.95. The number of aromatic nitrogens is 4. The van der Waals surface area contributed by atoms with Crippen LogP contribution in [0.1, 0.15) is 20.8 Å². The van der Waals surface area contributed by atoms with Crippen LogP contribution in [-0.2, 0) is 0 Å². The Morgan fingerprint density at radius 2 is 0.719 bits per heavy atom. The molecule has 0 saturated heterocycles. The van der Waals surface area contributed by atoms with Crippen LogP contribution < -0.4 is 0 Å². The van der Waals surface area contributed by atoms with Crippen molar-refractivity contribution in [1.82, 2.24) is 18.3 Å². The average molecular weight is 827 g/mol. The van der Waals surface area contributed by atoms with Crippen molar-refractivity contribution in [3.05, 3.63) is 219 Å². The van der Waals surface area contributed by atoms with Crippen molar-refractivity contribution in [2.24, 2.45) is 0 Å². The summed E-state index contributed by atoms with van der Waals surface area (Å²) in [4.78, 5) is 0. The van der Waals surface area contributed by atoms with E-state index < -0.39 is 0 Å². The van der Waals surface area contributed by atoms with E-state index in [1.807, 2.05) is 32.9 Å². The highest BCUT2D eigenvalue weighted by Crippen LogP contribution is 2.39. The highest BCUT2D eigenvalue weighted by atomic mass is 16.3. The quantitative estimate of drug-likeness (QED) is 0.163. The van der Waals surface area contributed by atoms with E-state index in [1.54, 1.807) is 6.08 Å². The molecule has 0 N–H and O–H groups in total. The van der Waals surface area contributed by atoms with Crippen molar-refractivity contribution >= 4 is 87.4 Å². The highest BCUT2D eigenvalue weighted by Gasteiger charge is 2.18. The first-order chi connectivity index (χ1) is 31.6. The number of fused-ring (bicyclic) bond motifs is 11. The second kappa shape index (κ2) is 15.9. The maximum Gasteiger partial charge on any atom is 0.135 e. The van der Waals surface area contributed by atoms with Crippen molar-refractivity contribution in [2.45, 2.75) is 20.8 Å². The third-order valence-electron chi connectivity index (χ3n) is 12.4. The molecular weight excluding hydrogens is 781 g/mol. The van der Waals surface area contributed by atoms with Crippen LogP contribution in [0.3, 0.4) is 0 Å². The third kappa shape index (κ3) is 6.24. The van der Waals surface area contributed by atoms with E-state index in [4.69, 9.17) is 4.42 Å². The number of nitrogens with zero attached hydrogens (tertiary/aromatic N) is 4. The molecule has 13 aromatic rings. The maximum atomic E-state index is 6.51. The lowest BCUT2D eigenvalue weighted by molar-refractivity contribution is 0.669. The molecule has 0 atom stereocenters. The Labute approximate surface area is 371 Å². The number of furan rings is 1. The van der Waals surface area contributed by atoms with Gasteiger partial charge in [-0.1, -0.05) is 91.0 Å². The molecule has 0 unspecified atom stereocenters. The van der Waals surface area contributed by atoms with Crippen LogP contribution in [0.15, 0.2) is 224 Å². The van der Waals surface area contributed by atoms with Gasteiger partial charge in [-0.05, 0) is 141 Å². The molecule has 8 aromatic carbocycles. The maximum absolute atomic E-state index is 6.51. The van der Waals surface area contributed by atoms with Crippen LogP contribution in [0.5, 0.6) is 0 Å². The van der Waals surface area contributed by atoms with Gasteiger partial charge in [-0.3, -0.25) is 0 Å². The lowest BCUT2D eigenvalue weighted by atomic mass is 10.1. The largest absolute Gasteiger partial charge is 0.456 e. The molecule has 0 amide bonds. The molecule has 5 heterocycles. The van der Waals surface area contributed by atoms with Crippen molar-refractivity contribution < 1.29 is 4.42 Å². The number of hydrogen-bond acceptors (Lipinski definition) is 1. The molecule has 0 saturated carbocycles. The van der Waals surface area contributed by atoms with Crippen LogP contribution in [0.25, 0.3) is 110 Å². The second-order valence-corrected chi connectivity index (χ2v) is 16.1. The number of hydrogen-bond donors (Lipinski definition) is 0. The molecule has 5 aromatic heterocycles. The van der Waals surface area contributed by atoms with E-state index in [9.17, 15) is 0 Å². The number of rotatable bonds is 4. The summed E-state index contributed by atoms with van der Waals surface area (Å²) < 4.78 is 15.9. The molecule has 0 aliphatic carbocycles. The van der Waals surface area contributed by atoms with E-state index in [1.165, 1.54) is 65.4 Å². The zero-order valence-electron chi connectivity index (χ0n) is 36.1. The molecule has 0 aliphatic heterocycles. The van der Waals surface area contributed by atoms with Gasteiger partial charge in [0.15, 0.2) is 0 Å². The fourth-order valence-corrected chi connectivity index (χ4v) is 9.43. The van der Waals surface area contributed by atoms with Gasteiger partial charge in [-0.15, -0.1) is 6.58 Å². The first-order valence-corrected chi connectivity index (χ1v) is 21.9. The van der Waals surface area contributed by atoms with Gasteiger partial charge in [-0.2, -0.15) is 0 Å². The first kappa shape index (κ1) is 38.6. The lowest BCUT2D eigenvalue weighted by Gasteiger charge is -2.10. The Bertz CT molecular complexity index is 3670. The van der Waals surface area contributed by atoms with Gasteiger partial charge in [0.05, 0.1) is 33.1 Å². The zero-order valence-corrected chi connectivity index (χ0v) is 36.1. The fraction of sp³-hybridized carbons (Fsp3) is 0.0508. The van der Waals surface area contributed by atoms with Crippen molar-refractivity contribution in [3.63, 3.8) is 0 Å². The van der Waals surface area contributed by atoms with E-state index in [-0.39, 0.29) is 0 Å². The van der Waals surface area contributed by atoms with Gasteiger partial charge in [0, 0.05) is 67.5 Å². The monoisotopic (exact) mass is 826 g/mol. The Kier molecular flexibility index (Phi) is 9.58. The highest BCUT2D eigenvalue weighted by molar-refractivity contribution is 6.13. The van der Waals surface area contributed by atoms with Crippen molar-refractivity contribution in [2.75, 3.05) is 0 Å². The van der Waals surface area contributed by atoms with E-state index in [0.29, 0.717) is 0 Å². The van der Waals surface area contributed by atoms with Crippen molar-refractivity contribution in [3.8, 4) is 22.7 Å². The molecule has 64 heavy (non-hydrogen) atoms. The predicted octanol–water partition coefficient (Wildman–Crippen LogP) is 16.4. The van der Waals surface area contributed by atoms with Gasteiger partial charge < -0.3 is 22.7 Å². The molecule has 13 rings (SSSR count). The SMILES string of the molecule is C/C=C\C.C=CC.c1ccc2c(c1)ccn2-c1ccc2c(c1)c1ccccc1n2-c1ccc2oc3ccc(-n4c5ccccc5c5cc(-n6ccc7ccccc76)ccc54)cc3c2c1. The summed E-state index contributed by atoms with van der Waals surface area (Å²) in [6, 6.07) is 65.8. The van der Waals surface area contributed by atoms with Crippen LogP contribution in [-0.4, -0.2) is 18.3 Å². The molecule has 0 radical (unpaired) electrons. The minimum Gasteiger partial charge on any atom is -0.456 e. The third-order valence-corrected chi connectivity index (χ3v) is 12.4. The molecule has 0 spiro atoms. The molecule has 0 fully saturated rings. The molecular formula is C59H46N4O. The molecule has 5 heteroatoms. The molecule has 5 nitrogen and oxygen atoms in total. The number of para-hydroxylation sites is 4. The molecule has 0 bridgehead atoms. The minimum absolute atomic E-state index is 0.874. The van der Waals surface area contributed by atoms with Gasteiger partial charge in [0.1, 0.15) is 11.2 Å². The summed E-state index contributed by atoms with van der Waals surface area (Å²) >= 11 is 0. The second-order valence-electron chi connectivity index (χ2n) is 16.1. The Hall–Kier alpha value is -8.28. The summed E-state index contributed by atoms with van der Waals surface area (Å²) in [7, 11) is 0.